The van der Waals surface area contributed by atoms with Gasteiger partial charge >= 0.3 is 5.97 Å². The molecule has 0 saturated carbocycles. The van der Waals surface area contributed by atoms with Crippen molar-refractivity contribution in [1.82, 2.24) is 15.0 Å². The molecule has 5 nitrogen and oxygen atoms in total. The van der Waals surface area contributed by atoms with Gasteiger partial charge in [0.1, 0.15) is 21.4 Å². The van der Waals surface area contributed by atoms with Crippen LogP contribution in [0.4, 0.5) is 0 Å². The fraction of sp³-hybridized carbons (Fsp3) is 0.500. The number of esters is 1. The molecule has 3 heterocycles. The fourth-order valence-corrected chi connectivity index (χ4v) is 6.00. The number of ether oxygens (including phenoxy) is 1. The Bertz CT molecular complexity index is 1020. The molecule has 4 rings (SSSR count). The van der Waals surface area contributed by atoms with Crippen LogP contribution in [0, 0.1) is 0 Å². The zero-order valence-electron chi connectivity index (χ0n) is 15.9. The summed E-state index contributed by atoms with van der Waals surface area (Å²) >= 11 is 3.08. The number of nitrogens with zero attached hydrogens (tertiary/aromatic N) is 3. The minimum atomic E-state index is -0.309. The van der Waals surface area contributed by atoms with Crippen molar-refractivity contribution in [1.29, 1.82) is 0 Å². The van der Waals surface area contributed by atoms with E-state index in [1.807, 2.05) is 6.92 Å². The highest BCUT2D eigenvalue weighted by Gasteiger charge is 2.24. The Morgan fingerprint density at radius 2 is 2.07 bits per heavy atom. The second-order valence-corrected chi connectivity index (χ2v) is 9.22. The number of aromatic nitrogens is 3. The first kappa shape index (κ1) is 18.6. The minimum Gasteiger partial charge on any atom is -0.468 e. The Hall–Kier alpha value is -1.73. The van der Waals surface area contributed by atoms with Crippen molar-refractivity contribution in [3.8, 4) is 0 Å². The first-order valence-corrected chi connectivity index (χ1v) is 11.2. The monoisotopic (exact) mass is 401 g/mol. The van der Waals surface area contributed by atoms with Crippen molar-refractivity contribution in [2.75, 3.05) is 7.11 Å². The van der Waals surface area contributed by atoms with Crippen LogP contribution in [0.5, 0.6) is 0 Å². The van der Waals surface area contributed by atoms with Gasteiger partial charge in [0, 0.05) is 11.1 Å². The average molecular weight is 402 g/mol. The molecule has 0 radical (unpaired) electrons. The van der Waals surface area contributed by atoms with E-state index in [1.165, 1.54) is 53.9 Å². The molecule has 0 aliphatic heterocycles. The molecule has 142 valence electrons. The molecule has 3 aromatic heterocycles. The lowest BCUT2D eigenvalue weighted by Crippen LogP contribution is -2.14. The summed E-state index contributed by atoms with van der Waals surface area (Å²) in [4.78, 5) is 27.0. The third kappa shape index (κ3) is 3.31. The number of thioether (sulfide) groups is 1. The molecule has 0 amide bonds. The lowest BCUT2D eigenvalue weighted by molar-refractivity contribution is -0.139. The predicted octanol–water partition coefficient (Wildman–Crippen LogP) is 4.72. The Morgan fingerprint density at radius 3 is 2.81 bits per heavy atom. The van der Waals surface area contributed by atoms with E-state index in [0.29, 0.717) is 0 Å². The van der Waals surface area contributed by atoms with Gasteiger partial charge in [-0.1, -0.05) is 25.1 Å². The van der Waals surface area contributed by atoms with Crippen LogP contribution in [-0.4, -0.2) is 33.3 Å². The number of carbonyl (C=O) groups is 1. The number of rotatable bonds is 5. The van der Waals surface area contributed by atoms with Gasteiger partial charge in [0.25, 0.3) is 0 Å². The average Bonchev–Trinajstić information content (AvgIpc) is 3.07. The molecule has 0 aromatic carbocycles. The maximum absolute atomic E-state index is 11.8. The van der Waals surface area contributed by atoms with Gasteiger partial charge in [-0.15, -0.1) is 11.3 Å². The van der Waals surface area contributed by atoms with Gasteiger partial charge in [-0.3, -0.25) is 4.79 Å². The van der Waals surface area contributed by atoms with Crippen molar-refractivity contribution in [3.05, 3.63) is 23.1 Å². The third-order valence-corrected chi connectivity index (χ3v) is 7.37. The third-order valence-electron chi connectivity index (χ3n) is 5.08. The first-order chi connectivity index (χ1) is 13.1. The number of hydrogen-bond donors (Lipinski definition) is 0. The van der Waals surface area contributed by atoms with Gasteiger partial charge in [0.05, 0.1) is 17.3 Å². The number of aryl methyl sites for hydroxylation is 2. The highest BCUT2D eigenvalue weighted by Crippen LogP contribution is 2.42. The maximum Gasteiger partial charge on any atom is 0.318 e. The van der Waals surface area contributed by atoms with E-state index in [4.69, 9.17) is 9.72 Å². The molecule has 0 saturated heterocycles. The van der Waals surface area contributed by atoms with Crippen LogP contribution in [0.25, 0.3) is 20.4 Å². The summed E-state index contributed by atoms with van der Waals surface area (Å²) in [5, 5.41) is 1.73. The van der Waals surface area contributed by atoms with Crippen LogP contribution in [-0.2, 0) is 28.8 Å². The lowest BCUT2D eigenvalue weighted by Gasteiger charge is -2.19. The maximum atomic E-state index is 11.8. The standard InChI is InChI=1S/C20H23N3O2S2/c1-4-7-14-12-8-5-6-9-13(12)15-16-17(27-18(15)23-14)19(22-10-21-16)26-11(2)20(24)25-3/h10-11H,4-9H2,1-3H3/t11-/m0/s1. The molecule has 0 fully saturated rings. The fourth-order valence-electron chi connectivity index (χ4n) is 3.83. The molecule has 0 spiro atoms. The summed E-state index contributed by atoms with van der Waals surface area (Å²) in [6.45, 7) is 4.05. The van der Waals surface area contributed by atoms with Crippen LogP contribution in [0.3, 0.4) is 0 Å². The van der Waals surface area contributed by atoms with Crippen molar-refractivity contribution < 1.29 is 9.53 Å². The molecule has 1 aliphatic rings. The van der Waals surface area contributed by atoms with Crippen LogP contribution >= 0.6 is 23.1 Å². The van der Waals surface area contributed by atoms with E-state index in [0.717, 1.165) is 45.8 Å². The SMILES string of the molecule is CCCc1nc2sc3c(S[C@@H](C)C(=O)OC)ncnc3c2c2c1CCCC2. The quantitative estimate of drug-likeness (QED) is 0.350. The molecule has 3 aromatic rings. The molecule has 0 N–H and O–H groups in total. The van der Waals surface area contributed by atoms with E-state index in [2.05, 4.69) is 16.9 Å². The lowest BCUT2D eigenvalue weighted by atomic mass is 9.88. The molecule has 0 bridgehead atoms. The van der Waals surface area contributed by atoms with E-state index in [-0.39, 0.29) is 11.2 Å². The van der Waals surface area contributed by atoms with E-state index >= 15 is 0 Å². The summed E-state index contributed by atoms with van der Waals surface area (Å²) in [5.41, 5.74) is 5.14. The number of fused-ring (bicyclic) bond motifs is 5. The van der Waals surface area contributed by atoms with Gasteiger partial charge in [0.15, 0.2) is 0 Å². The van der Waals surface area contributed by atoms with Crippen LogP contribution in [0.2, 0.25) is 0 Å². The Balaban J connectivity index is 1.90. The number of thiophene rings is 1. The second-order valence-electron chi connectivity index (χ2n) is 6.89. The van der Waals surface area contributed by atoms with Gasteiger partial charge in [-0.2, -0.15) is 0 Å². The smallest absolute Gasteiger partial charge is 0.318 e. The Labute approximate surface area is 167 Å². The van der Waals surface area contributed by atoms with Gasteiger partial charge in [0.2, 0.25) is 0 Å². The second kappa shape index (κ2) is 7.72. The molecular formula is C20H23N3O2S2. The number of pyridine rings is 1. The van der Waals surface area contributed by atoms with Gasteiger partial charge < -0.3 is 4.74 Å². The predicted molar refractivity (Wildman–Crippen MR) is 111 cm³/mol. The summed E-state index contributed by atoms with van der Waals surface area (Å²) in [7, 11) is 1.42. The summed E-state index contributed by atoms with van der Waals surface area (Å²) < 4.78 is 5.89. The highest BCUT2D eigenvalue weighted by molar-refractivity contribution is 8.00. The van der Waals surface area contributed by atoms with Crippen LogP contribution in [0.1, 0.15) is 49.9 Å². The first-order valence-electron chi connectivity index (χ1n) is 9.46. The normalized spacial score (nSPS) is 15.1. The molecule has 1 aliphatic carbocycles. The minimum absolute atomic E-state index is 0.242. The largest absolute Gasteiger partial charge is 0.468 e. The van der Waals surface area contributed by atoms with Crippen LogP contribution in [0.15, 0.2) is 11.4 Å². The molecule has 7 heteroatoms. The van der Waals surface area contributed by atoms with Crippen molar-refractivity contribution in [2.45, 2.75) is 62.6 Å². The van der Waals surface area contributed by atoms with Crippen molar-refractivity contribution in [2.24, 2.45) is 0 Å². The Kier molecular flexibility index (Phi) is 5.32. The van der Waals surface area contributed by atoms with E-state index in [9.17, 15) is 4.79 Å². The molecular weight excluding hydrogens is 378 g/mol. The van der Waals surface area contributed by atoms with Crippen molar-refractivity contribution in [3.63, 3.8) is 0 Å². The van der Waals surface area contributed by atoms with Gasteiger partial charge in [-0.25, -0.2) is 15.0 Å². The summed E-state index contributed by atoms with van der Waals surface area (Å²) in [6.07, 6.45) is 8.42. The highest BCUT2D eigenvalue weighted by atomic mass is 32.2. The molecule has 0 unspecified atom stereocenters. The van der Waals surface area contributed by atoms with E-state index in [1.54, 1.807) is 17.7 Å². The Morgan fingerprint density at radius 1 is 1.30 bits per heavy atom. The number of hydrogen-bond acceptors (Lipinski definition) is 7. The topological polar surface area (TPSA) is 65.0 Å². The van der Waals surface area contributed by atoms with Crippen molar-refractivity contribution >= 4 is 49.5 Å². The van der Waals surface area contributed by atoms with E-state index < -0.39 is 0 Å². The number of carbonyl (C=O) groups excluding carboxylic acids is 1. The zero-order valence-corrected chi connectivity index (χ0v) is 17.5. The zero-order chi connectivity index (χ0) is 19.0. The summed E-state index contributed by atoms with van der Waals surface area (Å²) in [5.74, 6) is -0.242. The molecule has 1 atom stereocenters. The summed E-state index contributed by atoms with van der Waals surface area (Å²) in [6, 6.07) is 0. The number of methoxy groups -OCH3 is 1. The molecule has 27 heavy (non-hydrogen) atoms. The van der Waals surface area contributed by atoms with Gasteiger partial charge in [-0.05, 0) is 50.2 Å². The van der Waals surface area contributed by atoms with Crippen LogP contribution < -0.4 is 0 Å².